The topological polar surface area (TPSA) is 52.6 Å². The summed E-state index contributed by atoms with van der Waals surface area (Å²) in [5.41, 5.74) is 0.900. The molecule has 1 aromatic carbocycles. The summed E-state index contributed by atoms with van der Waals surface area (Å²) < 4.78 is 22.7. The summed E-state index contributed by atoms with van der Waals surface area (Å²) in [6.45, 7) is 5.27. The molecular formula is C16H16ClFO4. The quantitative estimate of drug-likeness (QED) is 0.437. The SMILES string of the molecule is C=C(C)C(=O)OCCCOC(=O)/C=C/c1ccc(F)c(Cl)c1. The fourth-order valence-corrected chi connectivity index (χ4v) is 1.54. The van der Waals surface area contributed by atoms with Gasteiger partial charge in [-0.3, -0.25) is 0 Å². The largest absolute Gasteiger partial charge is 0.462 e. The van der Waals surface area contributed by atoms with Gasteiger partial charge in [0.25, 0.3) is 0 Å². The molecule has 0 N–H and O–H groups in total. The van der Waals surface area contributed by atoms with Crippen molar-refractivity contribution in [1.29, 1.82) is 0 Å². The van der Waals surface area contributed by atoms with Crippen LogP contribution in [-0.2, 0) is 19.1 Å². The maximum atomic E-state index is 13.0. The minimum Gasteiger partial charge on any atom is -0.462 e. The Kier molecular flexibility index (Phi) is 7.32. The lowest BCUT2D eigenvalue weighted by Gasteiger charge is -2.04. The Bertz CT molecular complexity index is 596. The van der Waals surface area contributed by atoms with E-state index in [1.807, 2.05) is 0 Å². The number of ether oxygens (including phenoxy) is 2. The van der Waals surface area contributed by atoms with Crippen molar-refractivity contribution in [1.82, 2.24) is 0 Å². The van der Waals surface area contributed by atoms with E-state index in [0.717, 1.165) is 0 Å². The molecule has 0 radical (unpaired) electrons. The van der Waals surface area contributed by atoms with Crippen molar-refractivity contribution in [3.05, 3.63) is 52.8 Å². The zero-order valence-corrected chi connectivity index (χ0v) is 12.9. The van der Waals surface area contributed by atoms with Crippen LogP contribution in [-0.4, -0.2) is 25.2 Å². The van der Waals surface area contributed by atoms with Crippen molar-refractivity contribution < 1.29 is 23.5 Å². The van der Waals surface area contributed by atoms with E-state index in [9.17, 15) is 14.0 Å². The second-order valence-electron chi connectivity index (χ2n) is 4.44. The zero-order valence-electron chi connectivity index (χ0n) is 12.1. The van der Waals surface area contributed by atoms with Crippen LogP contribution in [0.5, 0.6) is 0 Å². The van der Waals surface area contributed by atoms with Crippen molar-refractivity contribution in [2.75, 3.05) is 13.2 Å². The van der Waals surface area contributed by atoms with E-state index >= 15 is 0 Å². The van der Waals surface area contributed by atoms with Gasteiger partial charge in [0.15, 0.2) is 0 Å². The van der Waals surface area contributed by atoms with Crippen LogP contribution in [0.15, 0.2) is 36.4 Å². The van der Waals surface area contributed by atoms with Crippen LogP contribution in [0, 0.1) is 5.82 Å². The van der Waals surface area contributed by atoms with E-state index in [-0.39, 0.29) is 18.2 Å². The van der Waals surface area contributed by atoms with E-state index < -0.39 is 17.8 Å². The van der Waals surface area contributed by atoms with Gasteiger partial charge in [0, 0.05) is 18.1 Å². The summed E-state index contributed by atoms with van der Waals surface area (Å²) in [5, 5.41) is -0.0187. The normalized spacial score (nSPS) is 10.5. The first-order valence-electron chi connectivity index (χ1n) is 6.52. The van der Waals surface area contributed by atoms with Crippen LogP contribution in [0.2, 0.25) is 5.02 Å². The first-order valence-corrected chi connectivity index (χ1v) is 6.90. The van der Waals surface area contributed by atoms with Gasteiger partial charge in [0.2, 0.25) is 0 Å². The average Bonchev–Trinajstić information content (AvgIpc) is 2.47. The Morgan fingerprint density at radius 2 is 2.00 bits per heavy atom. The van der Waals surface area contributed by atoms with Crippen molar-refractivity contribution in [3.63, 3.8) is 0 Å². The monoisotopic (exact) mass is 326 g/mol. The molecule has 1 rings (SSSR count). The Balaban J connectivity index is 2.28. The average molecular weight is 327 g/mol. The third-order valence-electron chi connectivity index (χ3n) is 2.47. The maximum absolute atomic E-state index is 13.0. The van der Waals surface area contributed by atoms with E-state index in [4.69, 9.17) is 21.1 Å². The third-order valence-corrected chi connectivity index (χ3v) is 2.76. The molecule has 0 heterocycles. The number of halogens is 2. The Hall–Kier alpha value is -2.14. The summed E-state index contributed by atoms with van der Waals surface area (Å²) in [7, 11) is 0. The van der Waals surface area contributed by atoms with Crippen LogP contribution < -0.4 is 0 Å². The number of carbonyl (C=O) groups is 2. The number of hydrogen-bond acceptors (Lipinski definition) is 4. The van der Waals surface area contributed by atoms with Crippen molar-refractivity contribution in [2.45, 2.75) is 13.3 Å². The molecule has 0 spiro atoms. The van der Waals surface area contributed by atoms with Gasteiger partial charge in [0.1, 0.15) is 5.82 Å². The molecule has 0 bridgehead atoms. The van der Waals surface area contributed by atoms with Crippen LogP contribution >= 0.6 is 11.6 Å². The summed E-state index contributed by atoms with van der Waals surface area (Å²) in [6, 6.07) is 4.10. The van der Waals surface area contributed by atoms with E-state index in [2.05, 4.69) is 6.58 Å². The zero-order chi connectivity index (χ0) is 16.5. The summed E-state index contributed by atoms with van der Waals surface area (Å²) in [4.78, 5) is 22.5. The van der Waals surface area contributed by atoms with Gasteiger partial charge in [-0.25, -0.2) is 14.0 Å². The number of rotatable bonds is 7. The molecule has 22 heavy (non-hydrogen) atoms. The Morgan fingerprint density at radius 3 is 2.64 bits per heavy atom. The molecule has 0 fully saturated rings. The first-order chi connectivity index (χ1) is 10.4. The molecule has 0 amide bonds. The highest BCUT2D eigenvalue weighted by Crippen LogP contribution is 2.16. The molecule has 0 saturated heterocycles. The van der Waals surface area contributed by atoms with Gasteiger partial charge in [-0.05, 0) is 30.7 Å². The highest BCUT2D eigenvalue weighted by Gasteiger charge is 2.03. The van der Waals surface area contributed by atoms with E-state index in [1.54, 1.807) is 6.92 Å². The predicted octanol–water partition coefficient (Wildman–Crippen LogP) is 3.54. The Morgan fingerprint density at radius 1 is 1.32 bits per heavy atom. The minimum absolute atomic E-state index is 0.0187. The third kappa shape index (κ3) is 6.54. The molecule has 0 aliphatic carbocycles. The lowest BCUT2D eigenvalue weighted by molar-refractivity contribution is -0.140. The molecule has 0 aliphatic heterocycles. The maximum Gasteiger partial charge on any atom is 0.333 e. The fourth-order valence-electron chi connectivity index (χ4n) is 1.35. The second kappa shape index (κ2) is 9.00. The van der Waals surface area contributed by atoms with E-state index in [1.165, 1.54) is 30.4 Å². The molecular weight excluding hydrogens is 311 g/mol. The highest BCUT2D eigenvalue weighted by molar-refractivity contribution is 6.30. The minimum atomic E-state index is -0.549. The van der Waals surface area contributed by atoms with Crippen LogP contribution in [0.25, 0.3) is 6.08 Å². The molecule has 0 aliphatic rings. The molecule has 118 valence electrons. The van der Waals surface area contributed by atoms with Crippen LogP contribution in [0.4, 0.5) is 4.39 Å². The van der Waals surface area contributed by atoms with Crippen LogP contribution in [0.3, 0.4) is 0 Å². The summed E-state index contributed by atoms with van der Waals surface area (Å²) >= 11 is 5.62. The Labute approximate surface area is 133 Å². The predicted molar refractivity (Wildman–Crippen MR) is 81.8 cm³/mol. The molecule has 4 nitrogen and oxygen atoms in total. The molecule has 0 saturated carbocycles. The molecule has 0 aromatic heterocycles. The molecule has 1 aromatic rings. The van der Waals surface area contributed by atoms with Gasteiger partial charge in [-0.15, -0.1) is 0 Å². The summed E-state index contributed by atoms with van der Waals surface area (Å²) in [5.74, 6) is -1.54. The van der Waals surface area contributed by atoms with Crippen LogP contribution in [0.1, 0.15) is 18.9 Å². The van der Waals surface area contributed by atoms with Crippen molar-refractivity contribution in [3.8, 4) is 0 Å². The second-order valence-corrected chi connectivity index (χ2v) is 4.85. The number of benzene rings is 1. The van der Waals surface area contributed by atoms with Gasteiger partial charge < -0.3 is 9.47 Å². The van der Waals surface area contributed by atoms with Gasteiger partial charge in [-0.2, -0.15) is 0 Å². The lowest BCUT2D eigenvalue weighted by Crippen LogP contribution is -2.09. The summed E-state index contributed by atoms with van der Waals surface area (Å²) in [6.07, 6.45) is 3.07. The van der Waals surface area contributed by atoms with Gasteiger partial charge in [0.05, 0.1) is 18.2 Å². The van der Waals surface area contributed by atoms with Crippen molar-refractivity contribution >= 4 is 29.6 Å². The number of hydrogen-bond donors (Lipinski definition) is 0. The van der Waals surface area contributed by atoms with Gasteiger partial charge >= 0.3 is 11.9 Å². The first kappa shape index (κ1) is 17.9. The van der Waals surface area contributed by atoms with Gasteiger partial charge in [-0.1, -0.05) is 24.2 Å². The van der Waals surface area contributed by atoms with E-state index in [0.29, 0.717) is 17.6 Å². The fraction of sp³-hybridized carbons (Fsp3) is 0.250. The molecule has 0 atom stereocenters. The molecule has 0 unspecified atom stereocenters. The number of carbonyl (C=O) groups excluding carboxylic acids is 2. The standard InChI is InChI=1S/C16H16ClFO4/c1-11(2)16(20)22-9-3-8-21-15(19)7-5-12-4-6-14(18)13(17)10-12/h4-7,10H,1,3,8-9H2,2H3/b7-5+. The van der Waals surface area contributed by atoms with Crippen molar-refractivity contribution in [2.24, 2.45) is 0 Å². The number of esters is 2. The molecule has 6 heteroatoms. The smallest absolute Gasteiger partial charge is 0.333 e. The lowest BCUT2D eigenvalue weighted by atomic mass is 10.2. The highest BCUT2D eigenvalue weighted by atomic mass is 35.5.